The molecule has 0 amide bonds. The number of nitrogens with two attached hydrogens (primary N) is 1. The summed E-state index contributed by atoms with van der Waals surface area (Å²) in [7, 11) is 3.53. The van der Waals surface area contributed by atoms with Crippen molar-refractivity contribution in [2.75, 3.05) is 27.2 Å². The molecule has 0 radical (unpaired) electrons. The third-order valence-corrected chi connectivity index (χ3v) is 5.78. The van der Waals surface area contributed by atoms with E-state index in [1.54, 1.807) is 24.5 Å². The number of ether oxygens (including phenoxy) is 2. The van der Waals surface area contributed by atoms with Gasteiger partial charge in [-0.2, -0.15) is 0 Å². The van der Waals surface area contributed by atoms with Crippen LogP contribution in [0.3, 0.4) is 0 Å². The van der Waals surface area contributed by atoms with Crippen LogP contribution in [0.15, 0.2) is 35.6 Å². The van der Waals surface area contributed by atoms with Gasteiger partial charge in [0.2, 0.25) is 0 Å². The lowest BCUT2D eigenvalue weighted by atomic mass is 9.95. The molecule has 9 heteroatoms. The van der Waals surface area contributed by atoms with E-state index < -0.39 is 6.29 Å². The second-order valence-corrected chi connectivity index (χ2v) is 8.07. The molecule has 2 rings (SSSR count). The summed E-state index contributed by atoms with van der Waals surface area (Å²) in [6, 6.07) is 0.267. The summed E-state index contributed by atoms with van der Waals surface area (Å²) < 4.78 is 24.3. The van der Waals surface area contributed by atoms with E-state index in [0.29, 0.717) is 19.3 Å². The first-order valence-electron chi connectivity index (χ1n) is 9.35. The SMILES string of the molecule is CNCC(C(OC)OC(/C=C/Cl)C/C=C/F)C1C[C@H](N)CN1Cc1nccs1. The first-order chi connectivity index (χ1) is 13.6. The van der Waals surface area contributed by atoms with Crippen molar-refractivity contribution in [2.45, 2.75) is 43.9 Å². The Kier molecular flexibility index (Phi) is 10.6. The van der Waals surface area contributed by atoms with E-state index >= 15 is 0 Å². The van der Waals surface area contributed by atoms with Crippen LogP contribution in [0.4, 0.5) is 4.39 Å². The molecule has 0 aliphatic carbocycles. The van der Waals surface area contributed by atoms with Crippen LogP contribution in [0.1, 0.15) is 17.8 Å². The predicted octanol–water partition coefficient (Wildman–Crippen LogP) is 2.86. The summed E-state index contributed by atoms with van der Waals surface area (Å²) in [6.45, 7) is 2.25. The van der Waals surface area contributed by atoms with Crippen molar-refractivity contribution in [3.8, 4) is 0 Å². The fourth-order valence-corrected chi connectivity index (χ4v) is 4.50. The second kappa shape index (κ2) is 12.6. The minimum Gasteiger partial charge on any atom is -0.355 e. The minimum atomic E-state index is -0.493. The number of rotatable bonds is 12. The fourth-order valence-electron chi connectivity index (χ4n) is 3.70. The molecule has 0 aromatic carbocycles. The number of halogens is 2. The van der Waals surface area contributed by atoms with Gasteiger partial charge in [-0.1, -0.05) is 17.7 Å². The topological polar surface area (TPSA) is 72.6 Å². The molecule has 0 spiro atoms. The average molecular weight is 433 g/mol. The van der Waals surface area contributed by atoms with E-state index in [0.717, 1.165) is 24.5 Å². The molecule has 0 saturated carbocycles. The summed E-state index contributed by atoms with van der Waals surface area (Å²) in [5.41, 5.74) is 7.68. The molecule has 1 aromatic heterocycles. The van der Waals surface area contributed by atoms with Crippen LogP contribution in [0.2, 0.25) is 0 Å². The maximum atomic E-state index is 12.5. The highest BCUT2D eigenvalue weighted by Gasteiger charge is 2.40. The molecule has 4 unspecified atom stereocenters. The Balaban J connectivity index is 2.16. The van der Waals surface area contributed by atoms with E-state index in [4.69, 9.17) is 26.8 Å². The van der Waals surface area contributed by atoms with Crippen molar-refractivity contribution in [2.24, 2.45) is 11.7 Å². The molecule has 158 valence electrons. The van der Waals surface area contributed by atoms with Gasteiger partial charge in [0, 0.05) is 55.3 Å². The molecule has 1 fully saturated rings. The van der Waals surface area contributed by atoms with E-state index in [1.165, 1.54) is 11.6 Å². The van der Waals surface area contributed by atoms with Crippen molar-refractivity contribution >= 4 is 22.9 Å². The highest BCUT2D eigenvalue weighted by Crippen LogP contribution is 2.30. The summed E-state index contributed by atoms with van der Waals surface area (Å²) in [6.07, 6.45) is 5.78. The van der Waals surface area contributed by atoms with Gasteiger partial charge < -0.3 is 20.5 Å². The Morgan fingerprint density at radius 2 is 2.39 bits per heavy atom. The van der Waals surface area contributed by atoms with Crippen molar-refractivity contribution in [1.82, 2.24) is 15.2 Å². The monoisotopic (exact) mass is 432 g/mol. The summed E-state index contributed by atoms with van der Waals surface area (Å²) in [5, 5.41) is 6.29. The van der Waals surface area contributed by atoms with Gasteiger partial charge in [0.25, 0.3) is 0 Å². The summed E-state index contributed by atoms with van der Waals surface area (Å²) >= 11 is 7.37. The number of thiazole rings is 1. The van der Waals surface area contributed by atoms with E-state index in [-0.39, 0.29) is 24.1 Å². The van der Waals surface area contributed by atoms with E-state index in [1.807, 2.05) is 18.6 Å². The van der Waals surface area contributed by atoms with Gasteiger partial charge in [-0.15, -0.1) is 11.3 Å². The van der Waals surface area contributed by atoms with E-state index in [9.17, 15) is 4.39 Å². The predicted molar refractivity (Wildman–Crippen MR) is 112 cm³/mol. The maximum absolute atomic E-state index is 12.5. The number of aromatic nitrogens is 1. The lowest BCUT2D eigenvalue weighted by Crippen LogP contribution is -2.47. The zero-order chi connectivity index (χ0) is 20.4. The fraction of sp³-hybridized carbons (Fsp3) is 0.632. The molecule has 0 bridgehead atoms. The zero-order valence-corrected chi connectivity index (χ0v) is 17.9. The van der Waals surface area contributed by atoms with Gasteiger partial charge >= 0.3 is 0 Å². The molecule has 1 aliphatic heterocycles. The molecule has 3 N–H and O–H groups in total. The van der Waals surface area contributed by atoms with Crippen LogP contribution in [0.5, 0.6) is 0 Å². The number of likely N-dealkylation sites (tertiary alicyclic amines) is 1. The van der Waals surface area contributed by atoms with Gasteiger partial charge in [-0.3, -0.25) is 4.90 Å². The van der Waals surface area contributed by atoms with Gasteiger partial charge in [-0.05, 0) is 26.0 Å². The molecule has 1 saturated heterocycles. The van der Waals surface area contributed by atoms with Crippen molar-refractivity contribution < 1.29 is 13.9 Å². The normalized spacial score (nSPS) is 24.3. The molecule has 6 nitrogen and oxygen atoms in total. The highest BCUT2D eigenvalue weighted by molar-refractivity contribution is 7.09. The van der Waals surface area contributed by atoms with E-state index in [2.05, 4.69) is 15.2 Å². The molecular formula is C19H30ClFN4O2S. The number of hydrogen-bond acceptors (Lipinski definition) is 7. The smallest absolute Gasteiger partial charge is 0.163 e. The molecule has 5 atom stereocenters. The largest absolute Gasteiger partial charge is 0.355 e. The Bertz CT molecular complexity index is 605. The first kappa shape index (κ1) is 23.4. The Morgan fingerprint density at radius 1 is 1.57 bits per heavy atom. The number of methoxy groups -OCH3 is 1. The Labute approximate surface area is 175 Å². The lowest BCUT2D eigenvalue weighted by Gasteiger charge is -2.36. The third-order valence-electron chi connectivity index (χ3n) is 4.87. The van der Waals surface area contributed by atoms with Gasteiger partial charge in [-0.25, -0.2) is 9.37 Å². The van der Waals surface area contributed by atoms with Crippen LogP contribution >= 0.6 is 22.9 Å². The Morgan fingerprint density at radius 3 is 3.00 bits per heavy atom. The first-order valence-corrected chi connectivity index (χ1v) is 10.7. The quantitative estimate of drug-likeness (QED) is 0.495. The van der Waals surface area contributed by atoms with Crippen molar-refractivity contribution in [3.05, 3.63) is 40.6 Å². The van der Waals surface area contributed by atoms with Crippen LogP contribution in [0, 0.1) is 5.92 Å². The third kappa shape index (κ3) is 6.88. The van der Waals surface area contributed by atoms with Crippen LogP contribution in [-0.2, 0) is 16.0 Å². The van der Waals surface area contributed by atoms with Gasteiger partial charge in [0.05, 0.1) is 19.0 Å². The molecular weight excluding hydrogens is 403 g/mol. The molecule has 2 heterocycles. The zero-order valence-electron chi connectivity index (χ0n) is 16.3. The highest BCUT2D eigenvalue weighted by atomic mass is 35.5. The van der Waals surface area contributed by atoms with Crippen molar-refractivity contribution in [1.29, 1.82) is 0 Å². The summed E-state index contributed by atoms with van der Waals surface area (Å²) in [4.78, 5) is 6.76. The second-order valence-electron chi connectivity index (χ2n) is 6.83. The standard InChI is InChI=1S/C19H30ClFN4O2S/c1-23-11-16(19(26-2)27-15(5-6-20)4-3-7-21)17-10-14(22)12-25(17)13-18-24-8-9-28-18/h3,5-9,14-17,19,23H,4,10-13,22H2,1-2H3/b6-5+,7-3+/t14-,15?,16?,17?,19?/m0/s1. The molecule has 28 heavy (non-hydrogen) atoms. The van der Waals surface area contributed by atoms with Crippen LogP contribution < -0.4 is 11.1 Å². The Hall–Kier alpha value is -0.870. The lowest BCUT2D eigenvalue weighted by molar-refractivity contribution is -0.182. The summed E-state index contributed by atoms with van der Waals surface area (Å²) in [5.74, 6) is 0.0316. The maximum Gasteiger partial charge on any atom is 0.163 e. The minimum absolute atomic E-state index is 0.0316. The molecule has 1 aliphatic rings. The van der Waals surface area contributed by atoms with Gasteiger partial charge in [0.1, 0.15) is 5.01 Å². The average Bonchev–Trinajstić information content (AvgIpc) is 3.32. The van der Waals surface area contributed by atoms with Gasteiger partial charge in [0.15, 0.2) is 6.29 Å². The van der Waals surface area contributed by atoms with Crippen LogP contribution in [0.25, 0.3) is 0 Å². The van der Waals surface area contributed by atoms with Crippen LogP contribution in [-0.4, -0.2) is 61.6 Å². The number of nitrogens with zero attached hydrogens (tertiary/aromatic N) is 2. The number of hydrogen-bond donors (Lipinski definition) is 2. The van der Waals surface area contributed by atoms with Crippen molar-refractivity contribution in [3.63, 3.8) is 0 Å². The molecule has 1 aromatic rings. The number of nitrogens with one attached hydrogen (secondary N) is 1.